The van der Waals surface area contributed by atoms with Crippen LogP contribution in [0.2, 0.25) is 5.02 Å². The maximum atomic E-state index is 12.0. The lowest BCUT2D eigenvalue weighted by Gasteiger charge is -2.13. The van der Waals surface area contributed by atoms with Gasteiger partial charge in [-0.3, -0.25) is 4.79 Å². The molecule has 0 radical (unpaired) electrons. The van der Waals surface area contributed by atoms with E-state index in [4.69, 9.17) is 17.3 Å². The number of halogens is 1. The molecule has 0 aliphatic rings. The highest BCUT2D eigenvalue weighted by Crippen LogP contribution is 2.16. The minimum atomic E-state index is -0.614. The van der Waals surface area contributed by atoms with Gasteiger partial charge < -0.3 is 16.4 Å². The summed E-state index contributed by atoms with van der Waals surface area (Å²) in [5.41, 5.74) is 7.47. The monoisotopic (exact) mass is 343 g/mol. The molecule has 2 rings (SSSR count). The first kappa shape index (κ1) is 17.6. The molecule has 1 atom stereocenters. The van der Waals surface area contributed by atoms with Crippen LogP contribution in [0.3, 0.4) is 0 Å². The molecule has 4 N–H and O–H groups in total. The highest BCUT2D eigenvalue weighted by atomic mass is 35.5. The number of nitrogens with one attached hydrogen (secondary N) is 2. The Kier molecular flexibility index (Phi) is 5.98. The lowest BCUT2D eigenvalue weighted by atomic mass is 10.1. The van der Waals surface area contributed by atoms with Crippen molar-refractivity contribution in [3.8, 4) is 0 Å². The molecule has 24 heavy (non-hydrogen) atoms. The summed E-state index contributed by atoms with van der Waals surface area (Å²) in [5, 5.41) is 6.01. The number of hydrogen-bond donors (Lipinski definition) is 3. The molecule has 124 valence electrons. The summed E-state index contributed by atoms with van der Waals surface area (Å²) in [4.78, 5) is 22.8. The smallest absolute Gasteiger partial charge is 0.316 e. The van der Waals surface area contributed by atoms with Gasteiger partial charge in [-0.2, -0.15) is 0 Å². The third-order valence-electron chi connectivity index (χ3n) is 3.33. The van der Waals surface area contributed by atoms with Crippen molar-refractivity contribution in [2.75, 3.05) is 5.32 Å². The van der Waals surface area contributed by atoms with Gasteiger partial charge in [-0.25, -0.2) is 4.79 Å². The fourth-order valence-corrected chi connectivity index (χ4v) is 2.21. The maximum Gasteiger partial charge on any atom is 0.316 e. The molecule has 0 fully saturated rings. The Morgan fingerprint density at radius 2 is 1.71 bits per heavy atom. The largest absolute Gasteiger partial charge is 0.351 e. The third kappa shape index (κ3) is 5.44. The Balaban J connectivity index is 1.93. The summed E-state index contributed by atoms with van der Waals surface area (Å²) >= 11 is 5.82. The topological polar surface area (TPSA) is 84.2 Å². The predicted octanol–water partition coefficient (Wildman–Crippen LogP) is 3.72. The van der Waals surface area contributed by atoms with Crippen LogP contribution in [-0.2, 0) is 4.79 Å². The van der Waals surface area contributed by atoms with E-state index in [1.165, 1.54) is 6.08 Å². The minimum absolute atomic E-state index is 0.171. The van der Waals surface area contributed by atoms with Crippen LogP contribution in [0.5, 0.6) is 0 Å². The van der Waals surface area contributed by atoms with E-state index in [0.29, 0.717) is 10.7 Å². The van der Waals surface area contributed by atoms with Gasteiger partial charge >= 0.3 is 6.03 Å². The van der Waals surface area contributed by atoms with E-state index in [2.05, 4.69) is 10.6 Å². The summed E-state index contributed by atoms with van der Waals surface area (Å²) in [7, 11) is 0. The minimum Gasteiger partial charge on any atom is -0.351 e. The Morgan fingerprint density at radius 1 is 1.08 bits per heavy atom. The van der Waals surface area contributed by atoms with E-state index in [1.807, 2.05) is 31.2 Å². The van der Waals surface area contributed by atoms with Gasteiger partial charge in [-0.15, -0.1) is 0 Å². The standard InChI is InChI=1S/C18H18ClN3O2/c1-12(14-5-9-16(10-6-14)22-18(20)24)21-17(23)11-4-13-2-7-15(19)8-3-13/h2-12H,1H3,(H,21,23)(H3,20,22,24)/b11-4-/t12-/m1/s1. The first-order valence-electron chi connectivity index (χ1n) is 7.34. The summed E-state index contributed by atoms with van der Waals surface area (Å²) < 4.78 is 0. The van der Waals surface area contributed by atoms with Gasteiger partial charge in [-0.1, -0.05) is 35.9 Å². The molecule has 0 saturated carbocycles. The van der Waals surface area contributed by atoms with Crippen LogP contribution >= 0.6 is 11.6 Å². The maximum absolute atomic E-state index is 12.0. The number of nitrogens with two attached hydrogens (primary N) is 1. The van der Waals surface area contributed by atoms with Crippen molar-refractivity contribution in [1.29, 1.82) is 0 Å². The van der Waals surface area contributed by atoms with Gasteiger partial charge in [0.05, 0.1) is 6.04 Å². The Hall–Kier alpha value is -2.79. The predicted molar refractivity (Wildman–Crippen MR) is 96.7 cm³/mol. The van der Waals surface area contributed by atoms with E-state index >= 15 is 0 Å². The molecule has 2 aromatic carbocycles. The summed E-state index contributed by atoms with van der Waals surface area (Å²) in [6.45, 7) is 1.88. The Labute approximate surface area is 145 Å². The molecule has 0 unspecified atom stereocenters. The highest BCUT2D eigenvalue weighted by Gasteiger charge is 2.07. The van der Waals surface area contributed by atoms with Crippen molar-refractivity contribution in [3.63, 3.8) is 0 Å². The first-order chi connectivity index (χ1) is 11.4. The molecule has 0 bridgehead atoms. The van der Waals surface area contributed by atoms with Gasteiger partial charge in [0.15, 0.2) is 0 Å². The zero-order valence-electron chi connectivity index (χ0n) is 13.1. The Bertz CT molecular complexity index is 740. The molecule has 0 spiro atoms. The molecule has 0 saturated heterocycles. The number of carbonyl (C=O) groups excluding carboxylic acids is 2. The van der Waals surface area contributed by atoms with Crippen molar-refractivity contribution in [2.45, 2.75) is 13.0 Å². The van der Waals surface area contributed by atoms with Crippen molar-refractivity contribution in [2.24, 2.45) is 5.73 Å². The molecule has 2 aromatic rings. The average Bonchev–Trinajstić information content (AvgIpc) is 2.54. The van der Waals surface area contributed by atoms with Gasteiger partial charge in [0.1, 0.15) is 0 Å². The van der Waals surface area contributed by atoms with Gasteiger partial charge in [-0.05, 0) is 48.4 Å². The van der Waals surface area contributed by atoms with Crippen molar-refractivity contribution in [1.82, 2.24) is 5.32 Å². The number of benzene rings is 2. The van der Waals surface area contributed by atoms with Crippen LogP contribution in [0.15, 0.2) is 54.6 Å². The number of rotatable bonds is 5. The number of urea groups is 1. The van der Waals surface area contributed by atoms with Crippen LogP contribution in [0.1, 0.15) is 24.1 Å². The van der Waals surface area contributed by atoms with Crippen LogP contribution in [-0.4, -0.2) is 11.9 Å². The second kappa shape index (κ2) is 8.17. The summed E-state index contributed by atoms with van der Waals surface area (Å²) in [6.07, 6.45) is 3.20. The van der Waals surface area contributed by atoms with Crippen LogP contribution < -0.4 is 16.4 Å². The summed E-state index contributed by atoms with van der Waals surface area (Å²) in [5.74, 6) is -0.197. The molecule has 5 nitrogen and oxygen atoms in total. The average molecular weight is 344 g/mol. The molecule has 6 heteroatoms. The normalized spacial score (nSPS) is 11.9. The van der Waals surface area contributed by atoms with Crippen LogP contribution in [0, 0.1) is 0 Å². The number of carbonyl (C=O) groups is 2. The fraction of sp³-hybridized carbons (Fsp3) is 0.111. The molecule has 3 amide bonds. The lowest BCUT2D eigenvalue weighted by molar-refractivity contribution is -0.117. The number of primary amides is 1. The SMILES string of the molecule is C[C@@H](NC(=O)/C=C\c1ccc(Cl)cc1)c1ccc(NC(N)=O)cc1. The van der Waals surface area contributed by atoms with Crippen LogP contribution in [0.25, 0.3) is 6.08 Å². The zero-order chi connectivity index (χ0) is 17.5. The van der Waals surface area contributed by atoms with Crippen molar-refractivity contribution < 1.29 is 9.59 Å². The molecule has 0 aromatic heterocycles. The van der Waals surface area contributed by atoms with Gasteiger partial charge in [0.25, 0.3) is 0 Å². The van der Waals surface area contributed by atoms with Gasteiger partial charge in [0.2, 0.25) is 5.91 Å². The highest BCUT2D eigenvalue weighted by molar-refractivity contribution is 6.30. The first-order valence-corrected chi connectivity index (χ1v) is 7.72. The quantitative estimate of drug-likeness (QED) is 0.723. The third-order valence-corrected chi connectivity index (χ3v) is 3.59. The van der Waals surface area contributed by atoms with Gasteiger partial charge in [0, 0.05) is 16.8 Å². The molecular formula is C18H18ClN3O2. The van der Waals surface area contributed by atoms with Crippen molar-refractivity contribution in [3.05, 3.63) is 70.8 Å². The second-order valence-corrected chi connectivity index (χ2v) is 5.66. The van der Waals surface area contributed by atoms with E-state index in [1.54, 1.807) is 30.3 Å². The molecular weight excluding hydrogens is 326 g/mol. The number of amides is 3. The molecule has 0 heterocycles. The second-order valence-electron chi connectivity index (χ2n) is 5.23. The fourth-order valence-electron chi connectivity index (χ4n) is 2.09. The zero-order valence-corrected chi connectivity index (χ0v) is 13.9. The number of anilines is 1. The van der Waals surface area contributed by atoms with Crippen molar-refractivity contribution >= 4 is 35.3 Å². The van der Waals surface area contributed by atoms with E-state index < -0.39 is 6.03 Å². The summed E-state index contributed by atoms with van der Waals surface area (Å²) in [6, 6.07) is 13.5. The molecule has 0 aliphatic carbocycles. The number of hydrogen-bond acceptors (Lipinski definition) is 2. The Morgan fingerprint density at radius 3 is 2.29 bits per heavy atom. The van der Waals surface area contributed by atoms with E-state index in [0.717, 1.165) is 11.1 Å². The van der Waals surface area contributed by atoms with E-state index in [9.17, 15) is 9.59 Å². The molecule has 0 aliphatic heterocycles. The van der Waals surface area contributed by atoms with Crippen LogP contribution in [0.4, 0.5) is 10.5 Å². The lowest BCUT2D eigenvalue weighted by Crippen LogP contribution is -2.24. The van der Waals surface area contributed by atoms with E-state index in [-0.39, 0.29) is 11.9 Å².